The van der Waals surface area contributed by atoms with E-state index < -0.39 is 0 Å². The normalized spacial score (nSPS) is 11.1. The number of benzene rings is 1. The van der Waals surface area contributed by atoms with E-state index in [1.807, 2.05) is 50.8 Å². The standard InChI is InChI=1S/C19H24N2O2/c1-13(2)21(14(3)4)18(22)16-10-8-15(9-11-16)17-7-6-12-20(5)19(17)23/h6-14H,1-5H3. The highest BCUT2D eigenvalue weighted by atomic mass is 16.2. The van der Waals surface area contributed by atoms with Crippen molar-refractivity contribution in [1.29, 1.82) is 0 Å². The van der Waals surface area contributed by atoms with Crippen LogP contribution in [0.4, 0.5) is 0 Å². The fraction of sp³-hybridized carbons (Fsp3) is 0.368. The summed E-state index contributed by atoms with van der Waals surface area (Å²) in [5, 5.41) is 0. The molecule has 2 rings (SSSR count). The van der Waals surface area contributed by atoms with E-state index in [2.05, 4.69) is 0 Å². The van der Waals surface area contributed by atoms with Crippen LogP contribution in [0.25, 0.3) is 11.1 Å². The number of hydrogen-bond acceptors (Lipinski definition) is 2. The molecule has 0 fully saturated rings. The first-order chi connectivity index (χ1) is 10.8. The second-order valence-corrected chi connectivity index (χ2v) is 6.32. The fourth-order valence-electron chi connectivity index (χ4n) is 2.82. The smallest absolute Gasteiger partial charge is 0.258 e. The lowest BCUT2D eigenvalue weighted by molar-refractivity contribution is 0.0644. The van der Waals surface area contributed by atoms with Crippen molar-refractivity contribution in [2.75, 3.05) is 0 Å². The van der Waals surface area contributed by atoms with Crippen molar-refractivity contribution >= 4 is 5.91 Å². The van der Waals surface area contributed by atoms with Gasteiger partial charge in [0.25, 0.3) is 11.5 Å². The molecule has 4 nitrogen and oxygen atoms in total. The molecule has 1 aromatic carbocycles. The topological polar surface area (TPSA) is 42.3 Å². The van der Waals surface area contributed by atoms with Gasteiger partial charge in [-0.1, -0.05) is 12.1 Å². The van der Waals surface area contributed by atoms with Crippen LogP contribution in [0.15, 0.2) is 47.4 Å². The van der Waals surface area contributed by atoms with Crippen LogP contribution in [0.3, 0.4) is 0 Å². The number of carbonyl (C=O) groups excluding carboxylic acids is 1. The van der Waals surface area contributed by atoms with Gasteiger partial charge in [0.15, 0.2) is 0 Å². The molecule has 1 aromatic heterocycles. The Bertz CT molecular complexity index is 735. The summed E-state index contributed by atoms with van der Waals surface area (Å²) in [5.74, 6) is 0.0162. The lowest BCUT2D eigenvalue weighted by atomic mass is 10.0. The predicted octanol–water partition coefficient (Wildman–Crippen LogP) is 3.31. The van der Waals surface area contributed by atoms with E-state index in [0.717, 1.165) is 5.56 Å². The zero-order chi connectivity index (χ0) is 17.1. The largest absolute Gasteiger partial charge is 0.334 e. The van der Waals surface area contributed by atoms with Gasteiger partial charge in [0.05, 0.1) is 0 Å². The Morgan fingerprint density at radius 3 is 2.09 bits per heavy atom. The minimum atomic E-state index is -0.0439. The quantitative estimate of drug-likeness (QED) is 0.869. The first-order valence-electron chi connectivity index (χ1n) is 7.91. The second kappa shape index (κ2) is 6.82. The minimum Gasteiger partial charge on any atom is -0.334 e. The number of nitrogens with zero attached hydrogens (tertiary/aromatic N) is 2. The molecular formula is C19H24N2O2. The summed E-state index contributed by atoms with van der Waals surface area (Å²) < 4.78 is 1.55. The molecule has 4 heteroatoms. The molecule has 1 heterocycles. The number of pyridine rings is 1. The molecule has 23 heavy (non-hydrogen) atoms. The molecule has 0 N–H and O–H groups in total. The maximum absolute atomic E-state index is 12.7. The monoisotopic (exact) mass is 312 g/mol. The number of hydrogen-bond donors (Lipinski definition) is 0. The van der Waals surface area contributed by atoms with Gasteiger partial charge < -0.3 is 9.47 Å². The summed E-state index contributed by atoms with van der Waals surface area (Å²) in [7, 11) is 1.73. The average Bonchev–Trinajstić information content (AvgIpc) is 2.49. The molecular weight excluding hydrogens is 288 g/mol. The van der Waals surface area contributed by atoms with Crippen LogP contribution in [0.1, 0.15) is 38.1 Å². The Morgan fingerprint density at radius 1 is 1.00 bits per heavy atom. The molecule has 1 amide bonds. The van der Waals surface area contributed by atoms with Gasteiger partial charge in [0.1, 0.15) is 0 Å². The minimum absolute atomic E-state index is 0.0162. The molecule has 0 aliphatic heterocycles. The molecule has 2 aromatic rings. The number of amides is 1. The van der Waals surface area contributed by atoms with Crippen molar-refractivity contribution in [2.45, 2.75) is 39.8 Å². The Kier molecular flexibility index (Phi) is 5.04. The van der Waals surface area contributed by atoms with Crippen molar-refractivity contribution in [2.24, 2.45) is 7.05 Å². The lowest BCUT2D eigenvalue weighted by Gasteiger charge is -2.30. The van der Waals surface area contributed by atoms with Gasteiger partial charge in [0, 0.05) is 36.5 Å². The molecule has 0 saturated carbocycles. The van der Waals surface area contributed by atoms with Crippen LogP contribution in [-0.2, 0) is 7.05 Å². The maximum atomic E-state index is 12.7. The summed E-state index contributed by atoms with van der Waals surface area (Å²) in [6.07, 6.45) is 1.73. The number of aromatic nitrogens is 1. The second-order valence-electron chi connectivity index (χ2n) is 6.32. The average molecular weight is 312 g/mol. The first kappa shape index (κ1) is 17.0. The zero-order valence-corrected chi connectivity index (χ0v) is 14.4. The summed E-state index contributed by atoms with van der Waals surface area (Å²) in [5.41, 5.74) is 2.06. The van der Waals surface area contributed by atoms with Crippen LogP contribution in [0, 0.1) is 0 Å². The molecule has 122 valence electrons. The van der Waals surface area contributed by atoms with Crippen LogP contribution < -0.4 is 5.56 Å². The van der Waals surface area contributed by atoms with Crippen molar-refractivity contribution in [1.82, 2.24) is 9.47 Å². The highest BCUT2D eigenvalue weighted by Crippen LogP contribution is 2.18. The fourth-order valence-corrected chi connectivity index (χ4v) is 2.82. The zero-order valence-electron chi connectivity index (χ0n) is 14.4. The number of rotatable bonds is 4. The Balaban J connectivity index is 2.34. The van der Waals surface area contributed by atoms with E-state index >= 15 is 0 Å². The van der Waals surface area contributed by atoms with E-state index in [4.69, 9.17) is 0 Å². The SMILES string of the molecule is CC(C)N(C(=O)c1ccc(-c2cccn(C)c2=O)cc1)C(C)C. The van der Waals surface area contributed by atoms with Crippen molar-refractivity contribution in [3.63, 3.8) is 0 Å². The first-order valence-corrected chi connectivity index (χ1v) is 7.91. The Morgan fingerprint density at radius 2 is 1.57 bits per heavy atom. The third kappa shape index (κ3) is 3.52. The Labute approximate surface area is 137 Å². The number of carbonyl (C=O) groups is 1. The van der Waals surface area contributed by atoms with Crippen LogP contribution in [-0.4, -0.2) is 27.5 Å². The maximum Gasteiger partial charge on any atom is 0.258 e. The van der Waals surface area contributed by atoms with E-state index in [1.165, 1.54) is 0 Å². The van der Waals surface area contributed by atoms with Crippen LogP contribution in [0.5, 0.6) is 0 Å². The molecule has 0 radical (unpaired) electrons. The highest BCUT2D eigenvalue weighted by Gasteiger charge is 2.21. The van der Waals surface area contributed by atoms with E-state index in [9.17, 15) is 9.59 Å². The van der Waals surface area contributed by atoms with E-state index in [-0.39, 0.29) is 23.6 Å². The van der Waals surface area contributed by atoms with Crippen LogP contribution in [0.2, 0.25) is 0 Å². The third-order valence-electron chi connectivity index (χ3n) is 3.91. The lowest BCUT2D eigenvalue weighted by Crippen LogP contribution is -2.42. The van der Waals surface area contributed by atoms with Gasteiger partial charge in [-0.3, -0.25) is 9.59 Å². The van der Waals surface area contributed by atoms with Gasteiger partial charge >= 0.3 is 0 Å². The molecule has 0 spiro atoms. The van der Waals surface area contributed by atoms with E-state index in [0.29, 0.717) is 11.1 Å². The number of aryl methyl sites for hydroxylation is 1. The summed E-state index contributed by atoms with van der Waals surface area (Å²) in [4.78, 5) is 26.7. The predicted molar refractivity (Wildman–Crippen MR) is 93.6 cm³/mol. The summed E-state index contributed by atoms with van der Waals surface area (Å²) in [6, 6.07) is 11.2. The Hall–Kier alpha value is -2.36. The molecule has 0 unspecified atom stereocenters. The van der Waals surface area contributed by atoms with E-state index in [1.54, 1.807) is 36.0 Å². The molecule has 0 aliphatic rings. The van der Waals surface area contributed by atoms with Crippen molar-refractivity contribution < 1.29 is 4.79 Å². The van der Waals surface area contributed by atoms with Gasteiger partial charge in [-0.25, -0.2) is 0 Å². The summed E-state index contributed by atoms with van der Waals surface area (Å²) in [6.45, 7) is 8.06. The molecule has 0 atom stereocenters. The van der Waals surface area contributed by atoms with Crippen LogP contribution >= 0.6 is 0 Å². The van der Waals surface area contributed by atoms with Gasteiger partial charge in [-0.2, -0.15) is 0 Å². The molecule has 0 bridgehead atoms. The highest BCUT2D eigenvalue weighted by molar-refractivity contribution is 5.95. The molecule has 0 aliphatic carbocycles. The van der Waals surface area contributed by atoms with Gasteiger partial charge in [0.2, 0.25) is 0 Å². The van der Waals surface area contributed by atoms with Gasteiger partial charge in [-0.05, 0) is 57.5 Å². The summed E-state index contributed by atoms with van der Waals surface area (Å²) >= 11 is 0. The van der Waals surface area contributed by atoms with Crippen molar-refractivity contribution in [3.8, 4) is 11.1 Å². The molecule has 0 saturated heterocycles. The van der Waals surface area contributed by atoms with Crippen molar-refractivity contribution in [3.05, 3.63) is 58.5 Å². The van der Waals surface area contributed by atoms with Gasteiger partial charge in [-0.15, -0.1) is 0 Å². The third-order valence-corrected chi connectivity index (χ3v) is 3.91.